The largest absolute Gasteiger partial charge is 0.383 e. The molecule has 1 aromatic rings. The van der Waals surface area contributed by atoms with Crippen LogP contribution in [0.1, 0.15) is 18.1 Å². The lowest BCUT2D eigenvalue weighted by atomic mass is 10.1. The zero-order valence-corrected chi connectivity index (χ0v) is 11.6. The molecule has 0 heterocycles. The lowest BCUT2D eigenvalue weighted by Crippen LogP contribution is -2.34. The smallest absolute Gasteiger partial charge is 0.187 e. The van der Waals surface area contributed by atoms with Crippen molar-refractivity contribution in [3.8, 4) is 0 Å². The molecule has 0 radical (unpaired) electrons. The van der Waals surface area contributed by atoms with Crippen molar-refractivity contribution in [3.63, 3.8) is 0 Å². The van der Waals surface area contributed by atoms with Gasteiger partial charge in [0, 0.05) is 13.7 Å². The predicted molar refractivity (Wildman–Crippen MR) is 79.0 cm³/mol. The van der Waals surface area contributed by atoms with Crippen LogP contribution < -0.4 is 10.7 Å². The van der Waals surface area contributed by atoms with E-state index in [0.717, 1.165) is 12.0 Å². The molecule has 1 rings (SSSR count). The molecule has 0 aliphatic heterocycles. The second-order valence-electron chi connectivity index (χ2n) is 3.71. The maximum absolute atomic E-state index is 5.03. The van der Waals surface area contributed by atoms with E-state index in [9.17, 15) is 0 Å². The van der Waals surface area contributed by atoms with Crippen LogP contribution in [0.15, 0.2) is 29.4 Å². The Hall–Kier alpha value is -1.46. The number of thiocarbonyl (C=S) groups is 1. The van der Waals surface area contributed by atoms with Crippen molar-refractivity contribution >= 4 is 23.5 Å². The molecule has 0 atom stereocenters. The van der Waals surface area contributed by atoms with Gasteiger partial charge >= 0.3 is 0 Å². The molecule has 0 saturated heterocycles. The maximum Gasteiger partial charge on any atom is 0.187 e. The Balaban J connectivity index is 2.32. The van der Waals surface area contributed by atoms with Crippen LogP contribution in [0.5, 0.6) is 0 Å². The van der Waals surface area contributed by atoms with E-state index in [4.69, 9.17) is 17.0 Å². The van der Waals surface area contributed by atoms with Crippen LogP contribution >= 0.6 is 12.2 Å². The van der Waals surface area contributed by atoms with Crippen LogP contribution in [-0.4, -0.2) is 31.6 Å². The molecule has 0 spiro atoms. The third-order valence-corrected chi connectivity index (χ3v) is 2.60. The second-order valence-corrected chi connectivity index (χ2v) is 4.12. The van der Waals surface area contributed by atoms with E-state index in [2.05, 4.69) is 34.9 Å². The molecule has 2 N–H and O–H groups in total. The van der Waals surface area contributed by atoms with Crippen LogP contribution in [0.4, 0.5) is 0 Å². The first kappa shape index (κ1) is 14.6. The van der Waals surface area contributed by atoms with Gasteiger partial charge < -0.3 is 10.1 Å². The average Bonchev–Trinajstić information content (AvgIpc) is 2.40. The summed E-state index contributed by atoms with van der Waals surface area (Å²) in [4.78, 5) is 0. The highest BCUT2D eigenvalue weighted by atomic mass is 32.1. The highest BCUT2D eigenvalue weighted by Crippen LogP contribution is 2.02. The molecule has 18 heavy (non-hydrogen) atoms. The lowest BCUT2D eigenvalue weighted by Gasteiger charge is -2.05. The summed E-state index contributed by atoms with van der Waals surface area (Å²) < 4.78 is 4.90. The molecule has 5 heteroatoms. The molecule has 0 amide bonds. The van der Waals surface area contributed by atoms with Gasteiger partial charge in [0.2, 0.25) is 0 Å². The van der Waals surface area contributed by atoms with E-state index in [1.54, 1.807) is 13.3 Å². The maximum atomic E-state index is 5.03. The fourth-order valence-corrected chi connectivity index (χ4v) is 1.47. The highest BCUT2D eigenvalue weighted by Gasteiger charge is 1.92. The number of aryl methyl sites for hydroxylation is 1. The topological polar surface area (TPSA) is 45.7 Å². The standard InChI is InChI=1S/C13H19N3OS/c1-3-11-4-6-12(7-5-11)10-15-16-13(18)14-8-9-17-2/h4-7,10H,3,8-9H2,1-2H3,(H2,14,16,18)/b15-10-. The SMILES string of the molecule is CCc1ccc(/C=N\NC(=S)NCCOC)cc1. The molecule has 0 aliphatic rings. The zero-order chi connectivity index (χ0) is 13.2. The van der Waals surface area contributed by atoms with Crippen molar-refractivity contribution in [2.24, 2.45) is 5.10 Å². The third-order valence-electron chi connectivity index (χ3n) is 2.36. The Morgan fingerprint density at radius 3 is 2.72 bits per heavy atom. The number of benzene rings is 1. The first-order valence-corrected chi connectivity index (χ1v) is 6.32. The summed E-state index contributed by atoms with van der Waals surface area (Å²) in [7, 11) is 1.65. The molecule has 0 bridgehead atoms. The summed E-state index contributed by atoms with van der Waals surface area (Å²) in [6.45, 7) is 3.42. The van der Waals surface area contributed by atoms with Crippen LogP contribution in [0.2, 0.25) is 0 Å². The molecule has 1 aromatic carbocycles. The van der Waals surface area contributed by atoms with E-state index in [-0.39, 0.29) is 0 Å². The quantitative estimate of drug-likeness (QED) is 0.356. The number of hydrogen-bond acceptors (Lipinski definition) is 3. The number of rotatable bonds is 6. The summed E-state index contributed by atoms with van der Waals surface area (Å²) in [6.07, 6.45) is 2.78. The Labute approximate surface area is 113 Å². The van der Waals surface area contributed by atoms with Gasteiger partial charge in [0.1, 0.15) is 0 Å². The summed E-state index contributed by atoms with van der Waals surface area (Å²) in [5.41, 5.74) is 5.11. The van der Waals surface area contributed by atoms with Gasteiger partial charge in [0.25, 0.3) is 0 Å². The summed E-state index contributed by atoms with van der Waals surface area (Å²) in [5.74, 6) is 0. The predicted octanol–water partition coefficient (Wildman–Crippen LogP) is 1.69. The van der Waals surface area contributed by atoms with E-state index < -0.39 is 0 Å². The lowest BCUT2D eigenvalue weighted by molar-refractivity contribution is 0.204. The normalized spacial score (nSPS) is 10.6. The number of ether oxygens (including phenoxy) is 1. The molecule has 0 aliphatic carbocycles. The Bertz CT molecular complexity index is 390. The van der Waals surface area contributed by atoms with Gasteiger partial charge in [-0.3, -0.25) is 5.43 Å². The van der Waals surface area contributed by atoms with Crippen molar-refractivity contribution in [2.75, 3.05) is 20.3 Å². The molecule has 0 aromatic heterocycles. The number of hydrogen-bond donors (Lipinski definition) is 2. The molecule has 0 fully saturated rings. The minimum absolute atomic E-state index is 0.494. The fourth-order valence-electron chi connectivity index (χ4n) is 1.31. The highest BCUT2D eigenvalue weighted by molar-refractivity contribution is 7.80. The molecule has 0 saturated carbocycles. The fraction of sp³-hybridized carbons (Fsp3) is 0.385. The van der Waals surface area contributed by atoms with Crippen LogP contribution in [0, 0.1) is 0 Å². The average molecular weight is 265 g/mol. The summed E-state index contributed by atoms with van der Waals surface area (Å²) in [6, 6.07) is 8.25. The van der Waals surface area contributed by atoms with Gasteiger partial charge in [0.05, 0.1) is 12.8 Å². The molecule has 0 unspecified atom stereocenters. The van der Waals surface area contributed by atoms with Gasteiger partial charge in [-0.25, -0.2) is 0 Å². The number of nitrogens with one attached hydrogen (secondary N) is 2. The van der Waals surface area contributed by atoms with Crippen molar-refractivity contribution in [1.82, 2.24) is 10.7 Å². The molecule has 4 nitrogen and oxygen atoms in total. The number of nitrogens with zero attached hydrogens (tertiary/aromatic N) is 1. The van der Waals surface area contributed by atoms with Gasteiger partial charge in [-0.2, -0.15) is 5.10 Å². The monoisotopic (exact) mass is 265 g/mol. The van der Waals surface area contributed by atoms with Crippen LogP contribution in [0.25, 0.3) is 0 Å². The van der Waals surface area contributed by atoms with Gasteiger partial charge in [-0.15, -0.1) is 0 Å². The minimum atomic E-state index is 0.494. The second kappa shape index (κ2) is 8.60. The van der Waals surface area contributed by atoms with Crippen molar-refractivity contribution in [3.05, 3.63) is 35.4 Å². The van der Waals surface area contributed by atoms with E-state index in [1.807, 2.05) is 12.1 Å². The Morgan fingerprint density at radius 2 is 2.11 bits per heavy atom. The Kier molecular flexibility index (Phi) is 6.98. The number of methoxy groups -OCH3 is 1. The zero-order valence-electron chi connectivity index (χ0n) is 10.8. The summed E-state index contributed by atoms with van der Waals surface area (Å²) >= 11 is 5.03. The van der Waals surface area contributed by atoms with Crippen LogP contribution in [-0.2, 0) is 11.2 Å². The van der Waals surface area contributed by atoms with E-state index >= 15 is 0 Å². The first-order chi connectivity index (χ1) is 8.76. The molecular formula is C13H19N3OS. The third kappa shape index (κ3) is 5.75. The molecular weight excluding hydrogens is 246 g/mol. The molecule has 98 valence electrons. The minimum Gasteiger partial charge on any atom is -0.383 e. The van der Waals surface area contributed by atoms with Gasteiger partial charge in [0.15, 0.2) is 5.11 Å². The Morgan fingerprint density at radius 1 is 1.39 bits per heavy atom. The summed E-state index contributed by atoms with van der Waals surface area (Å²) in [5, 5.41) is 7.52. The van der Waals surface area contributed by atoms with Gasteiger partial charge in [-0.05, 0) is 29.8 Å². The van der Waals surface area contributed by atoms with E-state index in [1.165, 1.54) is 5.56 Å². The van der Waals surface area contributed by atoms with Crippen molar-refractivity contribution < 1.29 is 4.74 Å². The van der Waals surface area contributed by atoms with Crippen molar-refractivity contribution in [1.29, 1.82) is 0 Å². The van der Waals surface area contributed by atoms with Crippen LogP contribution in [0.3, 0.4) is 0 Å². The van der Waals surface area contributed by atoms with E-state index in [0.29, 0.717) is 18.3 Å². The van der Waals surface area contributed by atoms with Gasteiger partial charge in [-0.1, -0.05) is 31.2 Å². The van der Waals surface area contributed by atoms with Crippen molar-refractivity contribution in [2.45, 2.75) is 13.3 Å². The first-order valence-electron chi connectivity index (χ1n) is 5.91. The number of hydrazone groups is 1.